The van der Waals surface area contributed by atoms with Crippen LogP contribution in [0.1, 0.15) is 13.8 Å². The van der Waals surface area contributed by atoms with Crippen LogP contribution in [0.3, 0.4) is 0 Å². The first kappa shape index (κ1) is 11.3. The lowest BCUT2D eigenvalue weighted by Gasteiger charge is -2.36. The highest BCUT2D eigenvalue weighted by atomic mass is 16.7. The Kier molecular flexibility index (Phi) is 2.77. The molecule has 0 saturated carbocycles. The zero-order valence-electron chi connectivity index (χ0n) is 9.09. The Hall–Kier alpha value is -0.200. The number of fused-ring (bicyclic) bond motifs is 4. The minimum absolute atomic E-state index is 0.00579. The summed E-state index contributed by atoms with van der Waals surface area (Å²) >= 11 is 0. The van der Waals surface area contributed by atoms with E-state index in [0.29, 0.717) is 6.61 Å². The van der Waals surface area contributed by atoms with Crippen LogP contribution in [0.2, 0.25) is 0 Å². The summed E-state index contributed by atoms with van der Waals surface area (Å²) in [5, 5.41) is 19.2. The first-order chi connectivity index (χ1) is 6.97. The SMILES string of the molecule is CC1(C)O[C@H]2OC[C@H]([C@@H](N)[C@@H]2O)[C@@H]1CO. The maximum absolute atomic E-state index is 9.84. The molecule has 3 saturated heterocycles. The molecule has 0 aromatic carbocycles. The molecule has 2 bridgehead atoms. The Morgan fingerprint density at radius 1 is 1.47 bits per heavy atom. The fourth-order valence-electron chi connectivity index (χ4n) is 2.60. The molecule has 3 rings (SSSR count). The van der Waals surface area contributed by atoms with Gasteiger partial charge in [-0.1, -0.05) is 0 Å². The number of hydrogen-bond acceptors (Lipinski definition) is 5. The third-order valence-corrected chi connectivity index (χ3v) is 3.65. The normalized spacial score (nSPS) is 49.0. The monoisotopic (exact) mass is 217 g/mol. The van der Waals surface area contributed by atoms with Crippen molar-refractivity contribution in [2.75, 3.05) is 13.2 Å². The zero-order valence-corrected chi connectivity index (χ0v) is 9.09. The van der Waals surface area contributed by atoms with E-state index in [4.69, 9.17) is 15.2 Å². The molecule has 3 fully saturated rings. The highest BCUT2D eigenvalue weighted by Gasteiger charge is 2.52. The minimum Gasteiger partial charge on any atom is -0.396 e. The van der Waals surface area contributed by atoms with Crippen LogP contribution in [-0.4, -0.2) is 47.5 Å². The molecule has 3 aliphatic heterocycles. The molecule has 4 N–H and O–H groups in total. The van der Waals surface area contributed by atoms with Gasteiger partial charge in [-0.15, -0.1) is 0 Å². The van der Waals surface area contributed by atoms with Crippen molar-refractivity contribution in [3.63, 3.8) is 0 Å². The van der Waals surface area contributed by atoms with Crippen molar-refractivity contribution in [1.82, 2.24) is 0 Å². The smallest absolute Gasteiger partial charge is 0.185 e. The van der Waals surface area contributed by atoms with Crippen LogP contribution in [0.25, 0.3) is 0 Å². The van der Waals surface area contributed by atoms with Crippen LogP contribution >= 0.6 is 0 Å². The average molecular weight is 217 g/mol. The molecule has 15 heavy (non-hydrogen) atoms. The largest absolute Gasteiger partial charge is 0.396 e. The Bertz CT molecular complexity index is 246. The molecule has 0 radical (unpaired) electrons. The molecule has 0 aromatic heterocycles. The lowest BCUT2D eigenvalue weighted by Crippen LogP contribution is -2.54. The van der Waals surface area contributed by atoms with E-state index in [1.807, 2.05) is 13.8 Å². The van der Waals surface area contributed by atoms with E-state index in [1.54, 1.807) is 0 Å². The Labute approximate surface area is 89.2 Å². The zero-order chi connectivity index (χ0) is 11.2. The van der Waals surface area contributed by atoms with Crippen LogP contribution in [0.15, 0.2) is 0 Å². The number of rotatable bonds is 1. The summed E-state index contributed by atoms with van der Waals surface area (Å²) in [7, 11) is 0. The van der Waals surface area contributed by atoms with E-state index in [0.717, 1.165) is 0 Å². The molecular formula is C10H19NO4. The van der Waals surface area contributed by atoms with E-state index in [1.165, 1.54) is 0 Å². The molecular weight excluding hydrogens is 198 g/mol. The molecule has 3 heterocycles. The number of aliphatic hydroxyl groups is 2. The lowest BCUT2D eigenvalue weighted by molar-refractivity contribution is -0.240. The molecule has 0 spiro atoms. The summed E-state index contributed by atoms with van der Waals surface area (Å²) in [5.74, 6) is -0.159. The highest BCUT2D eigenvalue weighted by Crippen LogP contribution is 2.40. The summed E-state index contributed by atoms with van der Waals surface area (Å²) in [6.45, 7) is 4.23. The first-order valence-corrected chi connectivity index (χ1v) is 5.31. The topological polar surface area (TPSA) is 84.9 Å². The van der Waals surface area contributed by atoms with E-state index < -0.39 is 18.0 Å². The quantitative estimate of drug-likeness (QED) is 0.528. The molecule has 0 aliphatic carbocycles. The van der Waals surface area contributed by atoms with Gasteiger partial charge < -0.3 is 25.4 Å². The van der Waals surface area contributed by atoms with Gasteiger partial charge in [-0.05, 0) is 13.8 Å². The number of nitrogens with two attached hydrogens (primary N) is 1. The van der Waals surface area contributed by atoms with E-state index in [2.05, 4.69) is 0 Å². The molecule has 0 amide bonds. The third kappa shape index (κ3) is 1.68. The van der Waals surface area contributed by atoms with Crippen molar-refractivity contribution >= 4 is 0 Å². The van der Waals surface area contributed by atoms with Crippen LogP contribution in [-0.2, 0) is 9.47 Å². The van der Waals surface area contributed by atoms with E-state index >= 15 is 0 Å². The van der Waals surface area contributed by atoms with Gasteiger partial charge >= 0.3 is 0 Å². The van der Waals surface area contributed by atoms with E-state index in [-0.39, 0.29) is 24.5 Å². The predicted octanol–water partition coefficient (Wildman–Crippen LogP) is -0.936. The first-order valence-electron chi connectivity index (χ1n) is 5.31. The molecule has 0 aromatic rings. The fraction of sp³-hybridized carbons (Fsp3) is 1.00. The minimum atomic E-state index is -0.806. The second-order valence-electron chi connectivity index (χ2n) is 4.94. The summed E-state index contributed by atoms with van der Waals surface area (Å²) in [6.07, 6.45) is -1.47. The van der Waals surface area contributed by atoms with Gasteiger partial charge in [0.1, 0.15) is 6.10 Å². The Balaban J connectivity index is 2.32. The van der Waals surface area contributed by atoms with Crippen LogP contribution in [0, 0.1) is 11.8 Å². The van der Waals surface area contributed by atoms with Gasteiger partial charge in [-0.25, -0.2) is 0 Å². The highest BCUT2D eigenvalue weighted by molar-refractivity contribution is 4.99. The fourth-order valence-corrected chi connectivity index (χ4v) is 2.60. The second-order valence-corrected chi connectivity index (χ2v) is 4.94. The van der Waals surface area contributed by atoms with Gasteiger partial charge in [0.05, 0.1) is 12.2 Å². The predicted molar refractivity (Wildman–Crippen MR) is 53.0 cm³/mol. The Morgan fingerprint density at radius 2 is 2.13 bits per heavy atom. The third-order valence-electron chi connectivity index (χ3n) is 3.65. The number of ether oxygens (including phenoxy) is 2. The van der Waals surface area contributed by atoms with Crippen LogP contribution < -0.4 is 5.73 Å². The van der Waals surface area contributed by atoms with Crippen molar-refractivity contribution < 1.29 is 19.7 Å². The van der Waals surface area contributed by atoms with E-state index in [9.17, 15) is 10.2 Å². The van der Waals surface area contributed by atoms with Crippen LogP contribution in [0.5, 0.6) is 0 Å². The maximum Gasteiger partial charge on any atom is 0.185 e. The molecule has 0 unspecified atom stereocenters. The molecule has 5 heteroatoms. The van der Waals surface area contributed by atoms with Gasteiger partial charge in [0, 0.05) is 24.5 Å². The average Bonchev–Trinajstić information content (AvgIpc) is 2.33. The van der Waals surface area contributed by atoms with Gasteiger partial charge in [0.15, 0.2) is 6.29 Å². The van der Waals surface area contributed by atoms with Gasteiger partial charge in [-0.2, -0.15) is 0 Å². The number of aliphatic hydroxyl groups excluding tert-OH is 2. The van der Waals surface area contributed by atoms with Gasteiger partial charge in [-0.3, -0.25) is 0 Å². The van der Waals surface area contributed by atoms with Crippen molar-refractivity contribution in [1.29, 1.82) is 0 Å². The summed E-state index contributed by atoms with van der Waals surface area (Å²) in [6, 6.07) is -0.386. The second kappa shape index (κ2) is 3.68. The molecule has 5 atom stereocenters. The molecule has 3 aliphatic rings. The lowest BCUT2D eigenvalue weighted by atomic mass is 9.76. The van der Waals surface area contributed by atoms with Gasteiger partial charge in [0.2, 0.25) is 0 Å². The molecule has 88 valence electrons. The van der Waals surface area contributed by atoms with Crippen LogP contribution in [0.4, 0.5) is 0 Å². The Morgan fingerprint density at radius 3 is 2.73 bits per heavy atom. The summed E-state index contributed by atoms with van der Waals surface area (Å²) in [4.78, 5) is 0. The van der Waals surface area contributed by atoms with Crippen molar-refractivity contribution in [3.8, 4) is 0 Å². The summed E-state index contributed by atoms with van der Waals surface area (Å²) < 4.78 is 11.1. The van der Waals surface area contributed by atoms with Crippen molar-refractivity contribution in [2.24, 2.45) is 17.6 Å². The molecule has 5 nitrogen and oxygen atoms in total. The number of hydrogen-bond donors (Lipinski definition) is 3. The maximum atomic E-state index is 9.84. The standard InChI is InChI=1S/C10H19NO4/c1-10(2)6(3-12)5-4-14-9(15-10)8(13)7(5)11/h5-9,12-13H,3-4,11H2,1-2H3/t5-,6-,7+,8-,9+/m0/s1. The van der Waals surface area contributed by atoms with Crippen molar-refractivity contribution in [2.45, 2.75) is 37.9 Å². The van der Waals surface area contributed by atoms with Crippen molar-refractivity contribution in [3.05, 3.63) is 0 Å². The van der Waals surface area contributed by atoms with Gasteiger partial charge in [0.25, 0.3) is 0 Å². The summed E-state index contributed by atoms with van der Waals surface area (Å²) in [5.41, 5.74) is 5.41.